The van der Waals surface area contributed by atoms with Crippen LogP contribution in [-0.2, 0) is 0 Å². The Labute approximate surface area is 156 Å². The minimum absolute atomic E-state index is 0.376. The van der Waals surface area contributed by atoms with E-state index in [2.05, 4.69) is 44.4 Å². The Hall–Kier alpha value is -0.0800. The lowest BCUT2D eigenvalue weighted by molar-refractivity contribution is -0.115. The highest BCUT2D eigenvalue weighted by Crippen LogP contribution is 2.51. The zero-order valence-electron chi connectivity index (χ0n) is 17.6. The Morgan fingerprint density at radius 2 is 1.24 bits per heavy atom. The van der Waals surface area contributed by atoms with Crippen LogP contribution in [0, 0.1) is 22.7 Å². The molecule has 0 radical (unpaired) electrons. The number of hydrogen-bond acceptors (Lipinski definition) is 2. The summed E-state index contributed by atoms with van der Waals surface area (Å²) in [5.74, 6) is 1.91. The van der Waals surface area contributed by atoms with Gasteiger partial charge in [0.15, 0.2) is 0 Å². The Kier molecular flexibility index (Phi) is 4.56. The molecule has 2 saturated heterocycles. The van der Waals surface area contributed by atoms with Gasteiger partial charge in [0.25, 0.3) is 0 Å². The first kappa shape index (κ1) is 18.3. The maximum Gasteiger partial charge on any atom is 0.0125 e. The molecule has 2 saturated carbocycles. The molecule has 4 aliphatic rings. The maximum absolute atomic E-state index is 2.88. The Balaban J connectivity index is 1.21. The van der Waals surface area contributed by atoms with Crippen molar-refractivity contribution in [3.8, 4) is 0 Å². The van der Waals surface area contributed by atoms with Crippen LogP contribution in [0.3, 0.4) is 0 Å². The molecule has 0 bridgehead atoms. The van der Waals surface area contributed by atoms with Gasteiger partial charge in [-0.25, -0.2) is 0 Å². The van der Waals surface area contributed by atoms with Crippen molar-refractivity contribution in [2.45, 2.75) is 97.6 Å². The van der Waals surface area contributed by atoms with Crippen molar-refractivity contribution in [2.24, 2.45) is 22.7 Å². The molecule has 4 fully saturated rings. The van der Waals surface area contributed by atoms with Crippen LogP contribution in [0.15, 0.2) is 0 Å². The third-order valence-corrected chi connectivity index (χ3v) is 8.64. The summed E-state index contributed by atoms with van der Waals surface area (Å²) in [6.07, 6.45) is 12.0. The topological polar surface area (TPSA) is 6.48 Å². The first-order valence-electron chi connectivity index (χ1n) is 11.2. The van der Waals surface area contributed by atoms with Gasteiger partial charge in [-0.1, -0.05) is 13.8 Å². The second kappa shape index (κ2) is 6.23. The molecule has 0 amide bonds. The monoisotopic (exact) mass is 346 g/mol. The Bertz CT molecular complexity index is 457. The molecule has 0 aromatic carbocycles. The quantitative estimate of drug-likeness (QED) is 0.680. The van der Waals surface area contributed by atoms with E-state index in [1.165, 1.54) is 77.5 Å². The summed E-state index contributed by atoms with van der Waals surface area (Å²) >= 11 is 0. The molecule has 0 aromatic rings. The minimum Gasteiger partial charge on any atom is -0.299 e. The highest BCUT2D eigenvalue weighted by Gasteiger charge is 2.51. The van der Waals surface area contributed by atoms with E-state index in [1.54, 1.807) is 0 Å². The smallest absolute Gasteiger partial charge is 0.0125 e. The predicted octanol–water partition coefficient (Wildman–Crippen LogP) is 5.18. The largest absolute Gasteiger partial charge is 0.299 e. The van der Waals surface area contributed by atoms with Crippen molar-refractivity contribution >= 4 is 0 Å². The number of likely N-dealkylation sites (tertiary alicyclic amines) is 2. The van der Waals surface area contributed by atoms with Crippen LogP contribution in [0.1, 0.15) is 86.0 Å². The fourth-order valence-electron chi connectivity index (χ4n) is 6.44. The Morgan fingerprint density at radius 3 is 1.72 bits per heavy atom. The summed E-state index contributed by atoms with van der Waals surface area (Å²) < 4.78 is 0. The van der Waals surface area contributed by atoms with Crippen molar-refractivity contribution in [1.82, 2.24) is 9.80 Å². The molecule has 25 heavy (non-hydrogen) atoms. The van der Waals surface area contributed by atoms with Crippen LogP contribution in [0.4, 0.5) is 0 Å². The van der Waals surface area contributed by atoms with E-state index < -0.39 is 0 Å². The summed E-state index contributed by atoms with van der Waals surface area (Å²) in [6.45, 7) is 17.6. The van der Waals surface area contributed by atoms with Gasteiger partial charge in [0.2, 0.25) is 0 Å². The highest BCUT2D eigenvalue weighted by atomic mass is 15.3. The predicted molar refractivity (Wildman–Crippen MR) is 107 cm³/mol. The van der Waals surface area contributed by atoms with E-state index in [4.69, 9.17) is 0 Å². The second-order valence-electron chi connectivity index (χ2n) is 11.7. The van der Waals surface area contributed by atoms with Crippen LogP contribution < -0.4 is 0 Å². The van der Waals surface area contributed by atoms with Crippen LogP contribution in [0.25, 0.3) is 0 Å². The standard InChI is InChI=1S/C23H42N2/c1-18(2)19-6-10-22(11-7-19)14-24(15-22)20-8-12-23(13-9-20)16-25(17-23)21(3,4)5/h18-20H,6-17H2,1-5H3. The highest BCUT2D eigenvalue weighted by molar-refractivity contribution is 5.05. The van der Waals surface area contributed by atoms with Crippen molar-refractivity contribution in [3.05, 3.63) is 0 Å². The van der Waals surface area contributed by atoms with E-state index in [0.29, 0.717) is 11.0 Å². The first-order chi connectivity index (χ1) is 11.7. The molecule has 144 valence electrons. The average molecular weight is 347 g/mol. The molecule has 2 spiro atoms. The molecule has 0 N–H and O–H groups in total. The van der Waals surface area contributed by atoms with Crippen LogP contribution in [0.2, 0.25) is 0 Å². The minimum atomic E-state index is 0.376. The zero-order valence-corrected chi connectivity index (χ0v) is 17.6. The lowest BCUT2D eigenvalue weighted by Gasteiger charge is -2.61. The fourth-order valence-corrected chi connectivity index (χ4v) is 6.44. The molecular weight excluding hydrogens is 304 g/mol. The van der Waals surface area contributed by atoms with Gasteiger partial charge >= 0.3 is 0 Å². The van der Waals surface area contributed by atoms with Gasteiger partial charge in [-0.15, -0.1) is 0 Å². The number of hydrogen-bond donors (Lipinski definition) is 0. The van der Waals surface area contributed by atoms with E-state index in [-0.39, 0.29) is 0 Å². The van der Waals surface area contributed by atoms with Gasteiger partial charge in [-0.2, -0.15) is 0 Å². The van der Waals surface area contributed by atoms with Gasteiger partial charge in [0.1, 0.15) is 0 Å². The van der Waals surface area contributed by atoms with Gasteiger partial charge in [-0.05, 0) is 94.8 Å². The molecule has 2 aliphatic heterocycles. The molecular formula is C23H42N2. The van der Waals surface area contributed by atoms with Gasteiger partial charge < -0.3 is 0 Å². The normalized spacial score (nSPS) is 33.6. The van der Waals surface area contributed by atoms with E-state index in [0.717, 1.165) is 23.3 Å². The molecule has 2 heterocycles. The van der Waals surface area contributed by atoms with Gasteiger partial charge in [0.05, 0.1) is 0 Å². The number of rotatable bonds is 2. The second-order valence-corrected chi connectivity index (χ2v) is 11.7. The lowest BCUT2D eigenvalue weighted by Crippen LogP contribution is -2.66. The summed E-state index contributed by atoms with van der Waals surface area (Å²) in [5, 5.41) is 0. The molecule has 0 aromatic heterocycles. The van der Waals surface area contributed by atoms with E-state index in [9.17, 15) is 0 Å². The first-order valence-corrected chi connectivity index (χ1v) is 11.2. The van der Waals surface area contributed by atoms with Gasteiger partial charge in [0, 0.05) is 37.8 Å². The summed E-state index contributed by atoms with van der Waals surface area (Å²) in [4.78, 5) is 5.57. The molecule has 0 atom stereocenters. The van der Waals surface area contributed by atoms with Crippen molar-refractivity contribution < 1.29 is 0 Å². The molecule has 2 aliphatic carbocycles. The average Bonchev–Trinajstić information content (AvgIpc) is 2.49. The SMILES string of the molecule is CC(C)C1CCC2(CC1)CN(C1CCC3(CC1)CN(C(C)(C)C)C3)C2. The molecule has 0 unspecified atom stereocenters. The van der Waals surface area contributed by atoms with Crippen molar-refractivity contribution in [2.75, 3.05) is 26.2 Å². The maximum atomic E-state index is 2.88. The van der Waals surface area contributed by atoms with E-state index >= 15 is 0 Å². The molecule has 2 heteroatoms. The fraction of sp³-hybridized carbons (Fsp3) is 1.00. The Morgan fingerprint density at radius 1 is 0.760 bits per heavy atom. The van der Waals surface area contributed by atoms with Crippen LogP contribution in [0.5, 0.6) is 0 Å². The summed E-state index contributed by atoms with van der Waals surface area (Å²) in [6, 6.07) is 0.919. The van der Waals surface area contributed by atoms with Crippen molar-refractivity contribution in [3.63, 3.8) is 0 Å². The zero-order chi connectivity index (χ0) is 17.9. The van der Waals surface area contributed by atoms with E-state index in [1.807, 2.05) is 0 Å². The third kappa shape index (κ3) is 3.43. The van der Waals surface area contributed by atoms with Gasteiger partial charge in [-0.3, -0.25) is 9.80 Å². The summed E-state index contributed by atoms with van der Waals surface area (Å²) in [5.41, 5.74) is 1.81. The van der Waals surface area contributed by atoms with Crippen molar-refractivity contribution in [1.29, 1.82) is 0 Å². The lowest BCUT2D eigenvalue weighted by atomic mass is 9.62. The number of nitrogens with zero attached hydrogens (tertiary/aromatic N) is 2. The third-order valence-electron chi connectivity index (χ3n) is 8.64. The molecule has 4 rings (SSSR count). The van der Waals surface area contributed by atoms with Crippen LogP contribution in [-0.4, -0.2) is 47.6 Å². The van der Waals surface area contributed by atoms with Crippen LogP contribution >= 0.6 is 0 Å². The summed E-state index contributed by atoms with van der Waals surface area (Å²) in [7, 11) is 0. The molecule has 2 nitrogen and oxygen atoms in total.